The number of nitrogens with two attached hydrogens (primary N) is 1. The van der Waals surface area contributed by atoms with Gasteiger partial charge in [0.05, 0.1) is 5.69 Å². The van der Waals surface area contributed by atoms with E-state index in [1.807, 2.05) is 13.8 Å². The lowest BCUT2D eigenvalue weighted by Crippen LogP contribution is -2.18. The smallest absolute Gasteiger partial charge is 0.126 e. The van der Waals surface area contributed by atoms with Gasteiger partial charge in [-0.25, -0.2) is 4.39 Å². The minimum atomic E-state index is -0.281. The molecule has 12 heavy (non-hydrogen) atoms. The Morgan fingerprint density at radius 1 is 1.50 bits per heavy atom. The van der Waals surface area contributed by atoms with E-state index in [4.69, 9.17) is 5.73 Å². The van der Waals surface area contributed by atoms with Crippen LogP contribution in [0, 0.1) is 11.7 Å². The summed E-state index contributed by atoms with van der Waals surface area (Å²) in [6.45, 7) is 3.97. The minimum absolute atomic E-state index is 0.180. The van der Waals surface area contributed by atoms with Crippen molar-refractivity contribution in [3.63, 3.8) is 0 Å². The summed E-state index contributed by atoms with van der Waals surface area (Å²) in [5, 5.41) is 0. The van der Waals surface area contributed by atoms with Gasteiger partial charge in [-0.05, 0) is 18.1 Å². The van der Waals surface area contributed by atoms with Crippen molar-refractivity contribution in [1.82, 2.24) is 4.98 Å². The van der Waals surface area contributed by atoms with Gasteiger partial charge in [0.15, 0.2) is 0 Å². The molecule has 1 aromatic rings. The largest absolute Gasteiger partial charge is 0.322 e. The molecule has 3 heteroatoms. The van der Waals surface area contributed by atoms with Gasteiger partial charge in [0.2, 0.25) is 0 Å². The van der Waals surface area contributed by atoms with E-state index in [-0.39, 0.29) is 17.8 Å². The summed E-state index contributed by atoms with van der Waals surface area (Å²) < 4.78 is 12.7. The van der Waals surface area contributed by atoms with Crippen molar-refractivity contribution in [2.75, 3.05) is 0 Å². The van der Waals surface area contributed by atoms with Gasteiger partial charge in [0.1, 0.15) is 5.82 Å². The van der Waals surface area contributed by atoms with Gasteiger partial charge in [-0.15, -0.1) is 0 Å². The first-order valence-electron chi connectivity index (χ1n) is 3.98. The van der Waals surface area contributed by atoms with E-state index in [0.717, 1.165) is 0 Å². The molecule has 0 bridgehead atoms. The first-order chi connectivity index (χ1) is 5.61. The molecule has 1 heterocycles. The number of hydrogen-bond donors (Lipinski definition) is 1. The van der Waals surface area contributed by atoms with Gasteiger partial charge in [-0.2, -0.15) is 0 Å². The zero-order chi connectivity index (χ0) is 9.14. The molecule has 0 aromatic carbocycles. The highest BCUT2D eigenvalue weighted by atomic mass is 19.1. The van der Waals surface area contributed by atoms with Gasteiger partial charge < -0.3 is 5.73 Å². The highest BCUT2D eigenvalue weighted by Gasteiger charge is 2.11. The summed E-state index contributed by atoms with van der Waals surface area (Å²) in [7, 11) is 0. The Morgan fingerprint density at radius 2 is 2.17 bits per heavy atom. The number of hydrogen-bond acceptors (Lipinski definition) is 2. The molecule has 66 valence electrons. The summed E-state index contributed by atoms with van der Waals surface area (Å²) >= 11 is 0. The molecule has 0 radical (unpaired) electrons. The average molecular weight is 168 g/mol. The lowest BCUT2D eigenvalue weighted by molar-refractivity contribution is 0.498. The van der Waals surface area contributed by atoms with E-state index in [9.17, 15) is 4.39 Å². The topological polar surface area (TPSA) is 38.9 Å². The predicted molar refractivity (Wildman–Crippen MR) is 46.0 cm³/mol. The van der Waals surface area contributed by atoms with Crippen LogP contribution in [0.25, 0.3) is 0 Å². The van der Waals surface area contributed by atoms with E-state index in [2.05, 4.69) is 4.98 Å². The van der Waals surface area contributed by atoms with Gasteiger partial charge in [-0.1, -0.05) is 13.8 Å². The SMILES string of the molecule is CC(C)C(N)c1cc(F)ccn1. The first kappa shape index (κ1) is 9.13. The molecule has 2 nitrogen and oxygen atoms in total. The highest BCUT2D eigenvalue weighted by molar-refractivity contribution is 5.10. The van der Waals surface area contributed by atoms with Crippen LogP contribution in [0.1, 0.15) is 25.6 Å². The molecule has 0 aliphatic heterocycles. The number of rotatable bonds is 2. The van der Waals surface area contributed by atoms with E-state index in [1.54, 1.807) is 0 Å². The summed E-state index contributed by atoms with van der Waals surface area (Å²) in [5.41, 5.74) is 6.39. The molecule has 2 N–H and O–H groups in total. The number of nitrogens with zero attached hydrogens (tertiary/aromatic N) is 1. The molecule has 1 unspecified atom stereocenters. The Balaban J connectivity index is 2.88. The second-order valence-electron chi connectivity index (χ2n) is 3.17. The molecule has 0 fully saturated rings. The molecular weight excluding hydrogens is 155 g/mol. The van der Waals surface area contributed by atoms with Crippen LogP contribution in [0.5, 0.6) is 0 Å². The van der Waals surface area contributed by atoms with Crippen LogP contribution in [0.15, 0.2) is 18.3 Å². The van der Waals surface area contributed by atoms with Crippen molar-refractivity contribution in [2.45, 2.75) is 19.9 Å². The number of halogens is 1. The lowest BCUT2D eigenvalue weighted by Gasteiger charge is -2.14. The van der Waals surface area contributed by atoms with Crippen LogP contribution < -0.4 is 5.73 Å². The Hall–Kier alpha value is -0.960. The number of pyridine rings is 1. The molecule has 0 aliphatic carbocycles. The monoisotopic (exact) mass is 168 g/mol. The molecule has 1 rings (SSSR count). The Morgan fingerprint density at radius 3 is 2.67 bits per heavy atom. The fraction of sp³-hybridized carbons (Fsp3) is 0.444. The van der Waals surface area contributed by atoms with Crippen molar-refractivity contribution < 1.29 is 4.39 Å². The van der Waals surface area contributed by atoms with Gasteiger partial charge in [-0.3, -0.25) is 4.98 Å². The maximum absolute atomic E-state index is 12.7. The molecule has 0 aliphatic rings. The summed E-state index contributed by atoms with van der Waals surface area (Å²) in [6, 6.07) is 2.52. The fourth-order valence-electron chi connectivity index (χ4n) is 0.945. The van der Waals surface area contributed by atoms with E-state index < -0.39 is 0 Å². The quantitative estimate of drug-likeness (QED) is 0.732. The molecule has 1 atom stereocenters. The van der Waals surface area contributed by atoms with Crippen molar-refractivity contribution in [3.05, 3.63) is 29.8 Å². The van der Waals surface area contributed by atoms with E-state index in [1.165, 1.54) is 18.3 Å². The van der Waals surface area contributed by atoms with Gasteiger partial charge >= 0.3 is 0 Å². The van der Waals surface area contributed by atoms with Crippen LogP contribution >= 0.6 is 0 Å². The molecule has 0 saturated carbocycles. The molecular formula is C9H13FN2. The van der Waals surface area contributed by atoms with Crippen LogP contribution in [-0.4, -0.2) is 4.98 Å². The molecule has 0 saturated heterocycles. The summed E-state index contributed by atoms with van der Waals surface area (Å²) in [5.74, 6) is -0.00426. The van der Waals surface area contributed by atoms with Crippen molar-refractivity contribution in [3.8, 4) is 0 Å². The summed E-state index contributed by atoms with van der Waals surface area (Å²) in [6.07, 6.45) is 1.44. The van der Waals surface area contributed by atoms with Crippen molar-refractivity contribution in [1.29, 1.82) is 0 Å². The third-order valence-electron chi connectivity index (χ3n) is 1.80. The number of aromatic nitrogens is 1. The highest BCUT2D eigenvalue weighted by Crippen LogP contribution is 2.16. The van der Waals surface area contributed by atoms with Crippen LogP contribution in [-0.2, 0) is 0 Å². The Labute approximate surface area is 71.6 Å². The van der Waals surface area contributed by atoms with Crippen LogP contribution in [0.3, 0.4) is 0 Å². The molecule has 1 aromatic heterocycles. The lowest BCUT2D eigenvalue weighted by atomic mass is 10.0. The summed E-state index contributed by atoms with van der Waals surface area (Å²) in [4.78, 5) is 4.00. The van der Waals surface area contributed by atoms with E-state index in [0.29, 0.717) is 5.69 Å². The normalized spacial score (nSPS) is 13.4. The minimum Gasteiger partial charge on any atom is -0.322 e. The van der Waals surface area contributed by atoms with Crippen molar-refractivity contribution >= 4 is 0 Å². The zero-order valence-corrected chi connectivity index (χ0v) is 7.29. The van der Waals surface area contributed by atoms with Gasteiger partial charge in [0.25, 0.3) is 0 Å². The average Bonchev–Trinajstić information content (AvgIpc) is 2.03. The van der Waals surface area contributed by atoms with Gasteiger partial charge in [0, 0.05) is 12.2 Å². The third-order valence-corrected chi connectivity index (χ3v) is 1.80. The Bertz CT molecular complexity index is 260. The van der Waals surface area contributed by atoms with E-state index >= 15 is 0 Å². The maximum atomic E-state index is 12.7. The molecule has 0 amide bonds. The van der Waals surface area contributed by atoms with Crippen LogP contribution in [0.4, 0.5) is 4.39 Å². The zero-order valence-electron chi connectivity index (χ0n) is 7.29. The van der Waals surface area contributed by atoms with Crippen LogP contribution in [0.2, 0.25) is 0 Å². The van der Waals surface area contributed by atoms with Crippen molar-refractivity contribution in [2.24, 2.45) is 11.7 Å². The fourth-order valence-corrected chi connectivity index (χ4v) is 0.945. The maximum Gasteiger partial charge on any atom is 0.126 e. The first-order valence-corrected chi connectivity index (χ1v) is 3.98. The predicted octanol–water partition coefficient (Wildman–Crippen LogP) is 1.88. The second kappa shape index (κ2) is 3.63. The second-order valence-corrected chi connectivity index (χ2v) is 3.17. The third kappa shape index (κ3) is 2.01. The standard InChI is InChI=1S/C9H13FN2/c1-6(2)9(11)8-5-7(10)3-4-12-8/h3-6,9H,11H2,1-2H3. The molecule has 0 spiro atoms. The Kier molecular flexibility index (Phi) is 2.76.